The molecule has 21 nitrogen and oxygen atoms in total. The molecule has 0 bridgehead atoms. The normalized spacial score (nSPS) is 22.4. The summed E-state index contributed by atoms with van der Waals surface area (Å²) < 4.78 is 0. The monoisotopic (exact) mass is 1060 g/mol. The van der Waals surface area contributed by atoms with E-state index in [0.29, 0.717) is 17.5 Å². The number of nitrogens with two attached hydrogens (primary N) is 4. The molecule has 1 aliphatic heterocycles. The molecule has 1 aromatic heterocycles. The van der Waals surface area contributed by atoms with E-state index >= 15 is 0 Å². The number of carbonyl (C=O) groups is 9. The van der Waals surface area contributed by atoms with Crippen molar-refractivity contribution in [1.29, 1.82) is 0 Å². The molecule has 0 saturated carbocycles. The summed E-state index contributed by atoms with van der Waals surface area (Å²) in [5, 5.41) is 20.3. The number of hydrogen-bond donors (Lipinski definition) is 12. The maximum Gasteiger partial charge on any atom is 0.243 e. The summed E-state index contributed by atoms with van der Waals surface area (Å²) in [4.78, 5) is 131. The van der Waals surface area contributed by atoms with Crippen molar-refractivity contribution >= 4 is 63.8 Å². The number of rotatable bonds is 23. The third-order valence-electron chi connectivity index (χ3n) is 13.6. The molecular formula is C55H84N12O9. The summed E-state index contributed by atoms with van der Waals surface area (Å²) in [5.74, 6) is -8.07. The number of fused-ring (bicyclic) bond motifs is 1. The number of carbonyl (C=O) groups excluding carboxylic acids is 9. The predicted octanol–water partition coefficient (Wildman–Crippen LogP) is 0.944. The standard InChI is InChI=1S/C55H84N12O9/c1-4-5-6-7-11-18-49(70)62-46(32-59)48(69)31-37-22-26-60-52(73)45(29-38-33-61-40-17-13-12-16-39(38)40)65-50(71)36(19-23-56)30-47(68)41(20-24-57)63-54(75)43(27-34(2)3)66-55(76)44(28-35-14-9-8-10-15-35)67-53(74)42(21-25-58)64-51(37)72/h8-10,12-17,33-34,36-37,41-46,61H,4-7,11,18-32,56-59H2,1-3H3,(H,60,73)(H,62,70)(H,63,75)(H,64,72)(H,65,71)(H,66,76)(H,67,74)/t36-,37-,41+,42+,43+,44-,45+,46-/m1/s1. The smallest absolute Gasteiger partial charge is 0.243 e. The number of Topliss-reactive ketones (excluding diaryl/α,β-unsaturated/α-hetero) is 2. The number of aromatic amines is 1. The molecule has 418 valence electrons. The molecule has 16 N–H and O–H groups in total. The van der Waals surface area contributed by atoms with E-state index in [1.165, 1.54) is 0 Å². The van der Waals surface area contributed by atoms with E-state index in [1.54, 1.807) is 36.5 Å². The molecule has 1 saturated heterocycles. The molecule has 1 fully saturated rings. The number of benzene rings is 2. The Balaban J connectivity index is 1.78. The number of amides is 7. The van der Waals surface area contributed by atoms with Crippen molar-refractivity contribution in [2.75, 3.05) is 32.7 Å². The summed E-state index contributed by atoms with van der Waals surface area (Å²) >= 11 is 0. The zero-order chi connectivity index (χ0) is 55.6. The van der Waals surface area contributed by atoms with Crippen molar-refractivity contribution in [3.05, 3.63) is 71.9 Å². The molecular weight excluding hydrogens is 973 g/mol. The van der Waals surface area contributed by atoms with Crippen molar-refractivity contribution in [1.82, 2.24) is 42.2 Å². The first-order chi connectivity index (χ1) is 36.5. The lowest BCUT2D eigenvalue weighted by atomic mass is 9.92. The minimum Gasteiger partial charge on any atom is -0.361 e. The highest BCUT2D eigenvalue weighted by Crippen LogP contribution is 2.21. The summed E-state index contributed by atoms with van der Waals surface area (Å²) in [6.45, 7) is 5.24. The van der Waals surface area contributed by atoms with Crippen LogP contribution in [-0.2, 0) is 56.0 Å². The molecule has 3 aromatic rings. The Labute approximate surface area is 446 Å². The Morgan fingerprint density at radius 2 is 1.21 bits per heavy atom. The lowest BCUT2D eigenvalue weighted by Gasteiger charge is -2.28. The van der Waals surface area contributed by atoms with Crippen molar-refractivity contribution in [3.8, 4) is 0 Å². The molecule has 21 heteroatoms. The van der Waals surface area contributed by atoms with Gasteiger partial charge in [0, 0.05) is 74.1 Å². The van der Waals surface area contributed by atoms with Crippen LogP contribution in [0.15, 0.2) is 60.8 Å². The van der Waals surface area contributed by atoms with E-state index in [0.717, 1.165) is 36.6 Å². The van der Waals surface area contributed by atoms with Gasteiger partial charge in [-0.2, -0.15) is 0 Å². The number of hydrogen-bond acceptors (Lipinski definition) is 13. The van der Waals surface area contributed by atoms with Crippen LogP contribution in [0.25, 0.3) is 10.9 Å². The second kappa shape index (κ2) is 32.8. The first-order valence-electron chi connectivity index (χ1n) is 27.1. The van der Waals surface area contributed by atoms with Gasteiger partial charge in [-0.3, -0.25) is 43.2 Å². The minimum atomic E-state index is -1.33. The maximum absolute atomic E-state index is 14.5. The molecule has 0 unspecified atom stereocenters. The molecule has 0 radical (unpaired) electrons. The third-order valence-corrected chi connectivity index (χ3v) is 13.6. The molecule has 0 aliphatic carbocycles. The van der Waals surface area contributed by atoms with Crippen molar-refractivity contribution < 1.29 is 43.2 Å². The SMILES string of the molecule is CCCCCCCC(=O)N[C@H](CN)C(=O)C[C@H]1CCNC(=O)[C@H](Cc2c[nH]c3ccccc23)NC(=O)[C@H](CCN)CC(=O)[C@H](CCN)NC(=O)[C@H](CC(C)C)NC(=O)[C@@H](Cc2ccccc2)NC(=O)[C@H](CCN)NC1=O. The number of aromatic nitrogens is 1. The highest BCUT2D eigenvalue weighted by Gasteiger charge is 2.36. The fourth-order valence-electron chi connectivity index (χ4n) is 9.35. The number of unbranched alkanes of at least 4 members (excludes halogenated alkanes) is 4. The first-order valence-corrected chi connectivity index (χ1v) is 27.1. The molecule has 7 amide bonds. The van der Waals surface area contributed by atoms with Crippen LogP contribution in [0.5, 0.6) is 0 Å². The van der Waals surface area contributed by atoms with E-state index < -0.39 is 102 Å². The molecule has 76 heavy (non-hydrogen) atoms. The molecule has 1 aliphatic rings. The summed E-state index contributed by atoms with van der Waals surface area (Å²) in [7, 11) is 0. The predicted molar refractivity (Wildman–Crippen MR) is 290 cm³/mol. The van der Waals surface area contributed by atoms with Gasteiger partial charge in [0.25, 0.3) is 0 Å². The lowest BCUT2D eigenvalue weighted by Crippen LogP contribution is -2.59. The van der Waals surface area contributed by atoms with E-state index in [4.69, 9.17) is 22.9 Å². The van der Waals surface area contributed by atoms with Crippen LogP contribution in [0.1, 0.15) is 115 Å². The Hall–Kier alpha value is -6.55. The average Bonchev–Trinajstić information content (AvgIpc) is 3.80. The van der Waals surface area contributed by atoms with Gasteiger partial charge in [0.15, 0.2) is 11.6 Å². The number of nitrogens with one attached hydrogen (secondary N) is 8. The van der Waals surface area contributed by atoms with Gasteiger partial charge in [-0.05, 0) is 81.3 Å². The van der Waals surface area contributed by atoms with Crippen molar-refractivity contribution in [3.63, 3.8) is 0 Å². The number of ketones is 2. The van der Waals surface area contributed by atoms with Crippen LogP contribution >= 0.6 is 0 Å². The van der Waals surface area contributed by atoms with Crippen molar-refractivity contribution in [2.24, 2.45) is 40.7 Å². The van der Waals surface area contributed by atoms with E-state index in [-0.39, 0.29) is 102 Å². The zero-order valence-corrected chi connectivity index (χ0v) is 44.6. The van der Waals surface area contributed by atoms with Gasteiger partial charge >= 0.3 is 0 Å². The minimum absolute atomic E-state index is 0.000275. The highest BCUT2D eigenvalue weighted by atomic mass is 16.2. The summed E-state index contributed by atoms with van der Waals surface area (Å²) in [5.41, 5.74) is 26.2. The lowest BCUT2D eigenvalue weighted by molar-refractivity contribution is -0.136. The van der Waals surface area contributed by atoms with Gasteiger partial charge in [0.2, 0.25) is 41.4 Å². The molecule has 0 spiro atoms. The third kappa shape index (κ3) is 20.2. The van der Waals surface area contributed by atoms with Crippen LogP contribution in [0, 0.1) is 17.8 Å². The van der Waals surface area contributed by atoms with Gasteiger partial charge in [0.1, 0.15) is 24.2 Å². The van der Waals surface area contributed by atoms with Gasteiger partial charge in [-0.1, -0.05) is 95.0 Å². The van der Waals surface area contributed by atoms with Gasteiger partial charge in [-0.25, -0.2) is 0 Å². The molecule has 8 atom stereocenters. The van der Waals surface area contributed by atoms with Crippen LogP contribution in [0.2, 0.25) is 0 Å². The summed E-state index contributed by atoms with van der Waals surface area (Å²) in [6.07, 6.45) is 5.50. The Bertz CT molecular complexity index is 2380. The van der Waals surface area contributed by atoms with Crippen molar-refractivity contribution in [2.45, 2.75) is 153 Å². The van der Waals surface area contributed by atoms with Crippen LogP contribution in [0.3, 0.4) is 0 Å². The highest BCUT2D eigenvalue weighted by molar-refractivity contribution is 5.98. The first kappa shape index (κ1) is 62.0. The van der Waals surface area contributed by atoms with E-state index in [1.807, 2.05) is 38.1 Å². The fraction of sp³-hybridized carbons (Fsp3) is 0.582. The zero-order valence-electron chi connectivity index (χ0n) is 44.6. The fourth-order valence-corrected chi connectivity index (χ4v) is 9.35. The quantitative estimate of drug-likeness (QED) is 0.0590. The topological polar surface area (TPSA) is 358 Å². The van der Waals surface area contributed by atoms with Crippen LogP contribution in [0.4, 0.5) is 0 Å². The van der Waals surface area contributed by atoms with Crippen LogP contribution in [-0.4, -0.2) is 127 Å². The molecule has 4 rings (SSSR count). The Morgan fingerprint density at radius 1 is 0.632 bits per heavy atom. The van der Waals surface area contributed by atoms with Gasteiger partial charge in [-0.15, -0.1) is 0 Å². The largest absolute Gasteiger partial charge is 0.361 e. The van der Waals surface area contributed by atoms with Gasteiger partial charge < -0.3 is 65.1 Å². The number of H-pyrrole nitrogens is 1. The Kier molecular flexibility index (Phi) is 26.7. The van der Waals surface area contributed by atoms with Gasteiger partial charge in [0.05, 0.1) is 12.1 Å². The molecule has 2 heterocycles. The van der Waals surface area contributed by atoms with E-state index in [2.05, 4.69) is 49.1 Å². The van der Waals surface area contributed by atoms with Crippen LogP contribution < -0.4 is 60.2 Å². The Morgan fingerprint density at radius 3 is 1.89 bits per heavy atom. The number of para-hydroxylation sites is 1. The van der Waals surface area contributed by atoms with E-state index in [9.17, 15) is 43.2 Å². The second-order valence-electron chi connectivity index (χ2n) is 20.3. The second-order valence-corrected chi connectivity index (χ2v) is 20.3. The summed E-state index contributed by atoms with van der Waals surface area (Å²) in [6, 6.07) is 8.90. The molecule has 2 aromatic carbocycles. The average molecular weight is 1060 g/mol. The maximum atomic E-state index is 14.5.